The number of hydrogen-bond donors (Lipinski definition) is 0. The number of rotatable bonds is 7. The zero-order valence-corrected chi connectivity index (χ0v) is 31.3. The Bertz CT molecular complexity index is 2960. The molecule has 0 fully saturated rings. The third-order valence-electron chi connectivity index (χ3n) is 11.6. The Kier molecular flexibility index (Phi) is 7.53. The first-order chi connectivity index (χ1) is 26.9. The average Bonchev–Trinajstić information content (AvgIpc) is 3.83. The van der Waals surface area contributed by atoms with E-state index < -0.39 is 0 Å². The lowest BCUT2D eigenvalue weighted by molar-refractivity contribution is 0.660. The molecule has 1 aliphatic carbocycles. The van der Waals surface area contributed by atoms with Gasteiger partial charge in [-0.2, -0.15) is 0 Å². The number of furan rings is 1. The van der Waals surface area contributed by atoms with Crippen molar-refractivity contribution in [3.05, 3.63) is 199 Å². The average molecular weight is 709 g/mol. The van der Waals surface area contributed by atoms with Crippen molar-refractivity contribution < 1.29 is 4.42 Å². The van der Waals surface area contributed by atoms with Gasteiger partial charge in [-0.05, 0) is 100 Å². The zero-order chi connectivity index (χ0) is 37.3. The largest absolute Gasteiger partial charge is 0.454 e. The topological polar surface area (TPSA) is 21.3 Å². The lowest BCUT2D eigenvalue weighted by Crippen LogP contribution is -2.16. The maximum absolute atomic E-state index is 6.85. The highest BCUT2D eigenvalue weighted by Gasteiger charge is 2.36. The standard InChI is InChI=1S/C52H40N2O/c1-5-6-24-46-34(2)49-47(33-43-42-22-14-16-25-48(42)55-51(43)50(49)54(46)37-19-11-8-12-20-37)53(38-28-26-36(27-29-38)35-17-9-7-10-18-35)39-30-31-41-40-21-13-15-23-44(40)52(3,4)45(41)32-39/h5-33H,1H2,2-4H3/b24-6-. The van der Waals surface area contributed by atoms with Crippen molar-refractivity contribution in [2.45, 2.75) is 26.2 Å². The molecule has 0 amide bonds. The fraction of sp³-hybridized carbons (Fsp3) is 0.0769. The van der Waals surface area contributed by atoms with E-state index >= 15 is 0 Å². The minimum Gasteiger partial charge on any atom is -0.454 e. The molecule has 2 aromatic heterocycles. The van der Waals surface area contributed by atoms with Crippen LogP contribution in [0.4, 0.5) is 17.1 Å². The summed E-state index contributed by atoms with van der Waals surface area (Å²) in [5.74, 6) is 0. The third-order valence-corrected chi connectivity index (χ3v) is 11.6. The van der Waals surface area contributed by atoms with Crippen molar-refractivity contribution in [2.24, 2.45) is 0 Å². The van der Waals surface area contributed by atoms with Crippen molar-refractivity contribution in [3.63, 3.8) is 0 Å². The molecular weight excluding hydrogens is 669 g/mol. The summed E-state index contributed by atoms with van der Waals surface area (Å²) in [5.41, 5.74) is 16.9. The van der Waals surface area contributed by atoms with Gasteiger partial charge in [0.15, 0.2) is 5.58 Å². The summed E-state index contributed by atoms with van der Waals surface area (Å²) in [6.07, 6.45) is 6.03. The normalized spacial score (nSPS) is 13.1. The number of benzene rings is 7. The van der Waals surface area contributed by atoms with Crippen LogP contribution in [0, 0.1) is 6.92 Å². The van der Waals surface area contributed by atoms with Gasteiger partial charge in [-0.1, -0.05) is 142 Å². The van der Waals surface area contributed by atoms with Gasteiger partial charge in [0.05, 0.1) is 11.2 Å². The summed E-state index contributed by atoms with van der Waals surface area (Å²) < 4.78 is 9.21. The predicted octanol–water partition coefficient (Wildman–Crippen LogP) is 14.5. The first kappa shape index (κ1) is 32.8. The van der Waals surface area contributed by atoms with E-state index in [4.69, 9.17) is 4.42 Å². The minimum atomic E-state index is -0.153. The minimum absolute atomic E-state index is 0.153. The summed E-state index contributed by atoms with van der Waals surface area (Å²) in [7, 11) is 0. The molecule has 7 aromatic carbocycles. The molecule has 55 heavy (non-hydrogen) atoms. The summed E-state index contributed by atoms with van der Waals surface area (Å²) in [4.78, 5) is 2.46. The summed E-state index contributed by atoms with van der Waals surface area (Å²) in [5, 5.41) is 3.30. The maximum atomic E-state index is 6.85. The first-order valence-corrected chi connectivity index (χ1v) is 19.0. The molecule has 1 aliphatic rings. The molecule has 0 saturated carbocycles. The van der Waals surface area contributed by atoms with E-state index in [1.54, 1.807) is 0 Å². The van der Waals surface area contributed by atoms with Crippen molar-refractivity contribution in [2.75, 3.05) is 4.90 Å². The zero-order valence-electron chi connectivity index (χ0n) is 31.3. The van der Waals surface area contributed by atoms with Gasteiger partial charge in [-0.3, -0.25) is 0 Å². The van der Waals surface area contributed by atoms with Gasteiger partial charge in [-0.15, -0.1) is 0 Å². The lowest BCUT2D eigenvalue weighted by Gasteiger charge is -2.29. The molecule has 9 aromatic rings. The Hall–Kier alpha value is -6.84. The predicted molar refractivity (Wildman–Crippen MR) is 232 cm³/mol. The Labute approximate surface area is 321 Å². The fourth-order valence-electron chi connectivity index (χ4n) is 8.90. The van der Waals surface area contributed by atoms with E-state index in [9.17, 15) is 0 Å². The summed E-state index contributed by atoms with van der Waals surface area (Å²) >= 11 is 0. The summed E-state index contributed by atoms with van der Waals surface area (Å²) in [6, 6.07) is 56.9. The molecule has 0 spiro atoms. The van der Waals surface area contributed by atoms with E-state index in [1.807, 2.05) is 18.2 Å². The smallest absolute Gasteiger partial charge is 0.160 e. The van der Waals surface area contributed by atoms with Gasteiger partial charge >= 0.3 is 0 Å². The number of nitrogens with zero attached hydrogens (tertiary/aromatic N) is 2. The molecule has 0 atom stereocenters. The van der Waals surface area contributed by atoms with Crippen molar-refractivity contribution in [1.82, 2.24) is 4.57 Å². The molecule has 0 unspecified atom stereocenters. The monoisotopic (exact) mass is 708 g/mol. The van der Waals surface area contributed by atoms with Crippen LogP contribution in [0.3, 0.4) is 0 Å². The number of para-hydroxylation sites is 2. The highest BCUT2D eigenvalue weighted by molar-refractivity contribution is 6.20. The second-order valence-electron chi connectivity index (χ2n) is 15.0. The van der Waals surface area contributed by atoms with Crippen LogP contribution in [0.25, 0.3) is 66.9 Å². The lowest BCUT2D eigenvalue weighted by atomic mass is 9.82. The van der Waals surface area contributed by atoms with Crippen LogP contribution in [0.2, 0.25) is 0 Å². The Morgan fingerprint density at radius 3 is 2.07 bits per heavy atom. The number of anilines is 3. The van der Waals surface area contributed by atoms with Gasteiger partial charge in [-0.25, -0.2) is 0 Å². The fourth-order valence-corrected chi connectivity index (χ4v) is 8.90. The highest BCUT2D eigenvalue weighted by atomic mass is 16.3. The molecular formula is C52H40N2O. The highest BCUT2D eigenvalue weighted by Crippen LogP contribution is 2.52. The second-order valence-corrected chi connectivity index (χ2v) is 15.0. The van der Waals surface area contributed by atoms with Crippen LogP contribution in [0.1, 0.15) is 36.2 Å². The first-order valence-electron chi connectivity index (χ1n) is 19.0. The van der Waals surface area contributed by atoms with E-state index in [1.165, 1.54) is 33.4 Å². The van der Waals surface area contributed by atoms with E-state index in [0.717, 1.165) is 66.8 Å². The van der Waals surface area contributed by atoms with E-state index in [2.05, 4.69) is 195 Å². The number of fused-ring (bicyclic) bond motifs is 8. The van der Waals surface area contributed by atoms with E-state index in [-0.39, 0.29) is 5.41 Å². The van der Waals surface area contributed by atoms with Crippen LogP contribution in [-0.4, -0.2) is 4.57 Å². The number of aryl methyl sites for hydroxylation is 1. The van der Waals surface area contributed by atoms with Gasteiger partial charge < -0.3 is 13.9 Å². The molecule has 3 heteroatoms. The number of aromatic nitrogens is 1. The Morgan fingerprint density at radius 1 is 0.636 bits per heavy atom. The van der Waals surface area contributed by atoms with Crippen LogP contribution < -0.4 is 4.90 Å². The van der Waals surface area contributed by atoms with Crippen molar-refractivity contribution in [1.29, 1.82) is 0 Å². The molecule has 0 N–H and O–H groups in total. The van der Waals surface area contributed by atoms with E-state index in [0.29, 0.717) is 0 Å². The van der Waals surface area contributed by atoms with Gasteiger partial charge in [0.1, 0.15) is 5.58 Å². The molecule has 0 bridgehead atoms. The van der Waals surface area contributed by atoms with Crippen LogP contribution in [0.5, 0.6) is 0 Å². The van der Waals surface area contributed by atoms with Crippen molar-refractivity contribution in [3.8, 4) is 27.9 Å². The van der Waals surface area contributed by atoms with Crippen LogP contribution in [-0.2, 0) is 5.41 Å². The van der Waals surface area contributed by atoms with Gasteiger partial charge in [0.25, 0.3) is 0 Å². The number of allylic oxidation sites excluding steroid dienone is 2. The van der Waals surface area contributed by atoms with Crippen molar-refractivity contribution >= 4 is 56.0 Å². The third kappa shape index (κ3) is 5.04. The molecule has 0 aliphatic heterocycles. The quantitative estimate of drug-likeness (QED) is 0.154. The molecule has 10 rings (SSSR count). The van der Waals surface area contributed by atoms with Gasteiger partial charge in [0.2, 0.25) is 0 Å². The molecule has 264 valence electrons. The van der Waals surface area contributed by atoms with Gasteiger partial charge in [0, 0.05) is 44.3 Å². The van der Waals surface area contributed by atoms with Crippen LogP contribution >= 0.6 is 0 Å². The second kappa shape index (κ2) is 12.6. The van der Waals surface area contributed by atoms with Crippen LogP contribution in [0.15, 0.2) is 181 Å². The summed E-state index contributed by atoms with van der Waals surface area (Å²) in [6.45, 7) is 11.0. The Balaban J connectivity index is 1.32. The molecule has 0 saturated heterocycles. The molecule has 0 radical (unpaired) electrons. The maximum Gasteiger partial charge on any atom is 0.160 e. The SMILES string of the molecule is C=C/C=C\c1c(C)c2c(N(c3ccc(-c4ccccc4)cc3)c3ccc4c(c3)C(C)(C)c3ccccc3-4)cc3c4ccccc4oc3c2n1-c1ccccc1. The number of hydrogen-bond acceptors (Lipinski definition) is 2. The molecule has 3 nitrogen and oxygen atoms in total. The molecule has 2 heterocycles. The Morgan fingerprint density at radius 2 is 1.29 bits per heavy atom.